The van der Waals surface area contributed by atoms with Crippen LogP contribution in [0.1, 0.15) is 0 Å². The minimum atomic E-state index is 1.07. The summed E-state index contributed by atoms with van der Waals surface area (Å²) in [6.07, 6.45) is 0. The number of hydrogen-bond acceptors (Lipinski definition) is 0. The molecule has 670 valence electrons. The fourth-order valence-corrected chi connectivity index (χ4v) is 24.2. The molecule has 6 aromatic heterocycles. The van der Waals surface area contributed by atoms with Crippen LogP contribution in [0.2, 0.25) is 0 Å². The number of fused-ring (bicyclic) bond motifs is 18. The summed E-state index contributed by atoms with van der Waals surface area (Å²) >= 11 is 0. The van der Waals surface area contributed by atoms with Crippen LogP contribution in [0.5, 0.6) is 0 Å². The van der Waals surface area contributed by atoms with Crippen molar-refractivity contribution in [1.82, 2.24) is 27.4 Å². The Morgan fingerprint density at radius 1 is 0.104 bits per heavy atom. The van der Waals surface area contributed by atoms with Crippen LogP contribution in [0.3, 0.4) is 0 Å². The molecule has 29 rings (SSSR count). The highest BCUT2D eigenvalue weighted by Crippen LogP contribution is 2.53. The molecule has 0 spiro atoms. The number of nitrogens with zero attached hydrogens (tertiary/aromatic N) is 6. The average molecular weight is 1830 g/mol. The van der Waals surface area contributed by atoms with Crippen LogP contribution in [-0.4, -0.2) is 27.4 Å². The van der Waals surface area contributed by atoms with E-state index < -0.39 is 0 Å². The molecule has 0 saturated heterocycles. The Kier molecular flexibility index (Phi) is 19.0. The lowest BCUT2D eigenvalue weighted by Gasteiger charge is -2.23. The van der Waals surface area contributed by atoms with Gasteiger partial charge in [-0.25, -0.2) is 0 Å². The molecular formula is C138H88N6. The fraction of sp³-hybridized carbons (Fsp3) is 0. The molecule has 0 bridgehead atoms. The molecule has 29 aromatic rings. The smallest absolute Gasteiger partial charge is 0.0619 e. The third-order valence-electron chi connectivity index (χ3n) is 30.3. The van der Waals surface area contributed by atoms with E-state index in [0.717, 1.165) is 206 Å². The molecule has 0 unspecified atom stereocenters. The third kappa shape index (κ3) is 12.8. The molecule has 6 nitrogen and oxygen atoms in total. The van der Waals surface area contributed by atoms with E-state index in [1.54, 1.807) is 0 Å². The van der Waals surface area contributed by atoms with Crippen molar-refractivity contribution in [3.63, 3.8) is 0 Å². The quantitative estimate of drug-likeness (QED) is 0.0923. The lowest BCUT2D eigenvalue weighted by molar-refractivity contribution is 1.16. The highest BCUT2D eigenvalue weighted by atomic mass is 15.0. The van der Waals surface area contributed by atoms with E-state index in [2.05, 4.69) is 561 Å². The molecule has 6 heterocycles. The number of rotatable bonds is 16. The second kappa shape index (κ2) is 33.3. The summed E-state index contributed by atoms with van der Waals surface area (Å²) in [5.74, 6) is 0. The zero-order valence-electron chi connectivity index (χ0n) is 78.5. The van der Waals surface area contributed by atoms with E-state index in [0.29, 0.717) is 0 Å². The lowest BCUT2D eigenvalue weighted by Crippen LogP contribution is -2.05. The number of para-hydroxylation sites is 14. The van der Waals surface area contributed by atoms with E-state index in [1.165, 1.54) is 70.3 Å². The molecule has 23 aromatic carbocycles. The Hall–Kier alpha value is -19.1. The Labute approximate surface area is 831 Å². The molecule has 0 atom stereocenters. The van der Waals surface area contributed by atoms with Gasteiger partial charge in [0.1, 0.15) is 0 Å². The normalized spacial score (nSPS) is 11.9. The van der Waals surface area contributed by atoms with E-state index in [1.807, 2.05) is 0 Å². The monoisotopic (exact) mass is 1830 g/mol. The topological polar surface area (TPSA) is 29.6 Å². The van der Waals surface area contributed by atoms with E-state index >= 15 is 0 Å². The zero-order valence-corrected chi connectivity index (χ0v) is 78.5. The highest BCUT2D eigenvalue weighted by molar-refractivity contribution is 6.21. The minimum Gasteiger partial charge on any atom is -0.309 e. The van der Waals surface area contributed by atoms with Crippen molar-refractivity contribution in [2.45, 2.75) is 0 Å². The minimum absolute atomic E-state index is 1.07. The van der Waals surface area contributed by atoms with Crippen LogP contribution in [0.15, 0.2) is 534 Å². The average Bonchev–Trinajstić information content (AvgIpc) is 1.57. The predicted molar refractivity (Wildman–Crippen MR) is 607 cm³/mol. The zero-order chi connectivity index (χ0) is 94.6. The van der Waals surface area contributed by atoms with Crippen molar-refractivity contribution in [3.05, 3.63) is 534 Å². The summed E-state index contributed by atoms with van der Waals surface area (Å²) in [7, 11) is 0. The van der Waals surface area contributed by atoms with Crippen molar-refractivity contribution >= 4 is 131 Å². The third-order valence-corrected chi connectivity index (χ3v) is 30.3. The second-order valence-corrected chi connectivity index (χ2v) is 37.9. The van der Waals surface area contributed by atoms with Crippen LogP contribution in [0.4, 0.5) is 0 Å². The van der Waals surface area contributed by atoms with Gasteiger partial charge in [0.15, 0.2) is 0 Å². The summed E-state index contributed by atoms with van der Waals surface area (Å²) < 4.78 is 15.1. The predicted octanol–water partition coefficient (Wildman–Crippen LogP) is 36.9. The van der Waals surface area contributed by atoms with Crippen LogP contribution in [0, 0.1) is 0 Å². The standard InChI is InChI=1S/C138H88N6/c1-4-38-89(39-5-1)100-59-33-62-114(113-54-18-27-71-127(113)141-125-69-25-14-50-109(125)110-51-15-26-70-126(110)141)136(100)143-130-74-30-19-55-117(130)134-98(57-36-76-132(134)143)92-78-80-93(81-79-92)119-87-96(139-121-65-21-10-46-105(121)106-47-11-22-66-122(106)139)82-84-103(119)104-85-83-97(140-123-67-23-12-48-107(123)108-49-13-24-68-124(108)140)88-120(104)95-45-32-44-94(86-95)99-58-37-77-133-135(99)118-56-20-31-75-131(118)144(133)138-102(91-42-8-3-9-43-91)61-35-64-116(138)115-63-34-60-101(90-40-6-2-7-41-90)137(115)142-128-72-28-16-52-111(128)112-53-17-29-73-129(112)142/h1-88H. The summed E-state index contributed by atoms with van der Waals surface area (Å²) in [6.45, 7) is 0. The molecule has 0 saturated carbocycles. The summed E-state index contributed by atoms with van der Waals surface area (Å²) in [5, 5.41) is 14.4. The maximum Gasteiger partial charge on any atom is 0.0619 e. The number of aromatic nitrogens is 6. The molecule has 0 aliphatic rings. The summed E-state index contributed by atoms with van der Waals surface area (Å²) in [4.78, 5) is 0. The van der Waals surface area contributed by atoms with Crippen LogP contribution in [0.25, 0.3) is 276 Å². The first-order chi connectivity index (χ1) is 71.5. The van der Waals surface area contributed by atoms with Crippen molar-refractivity contribution in [1.29, 1.82) is 0 Å². The van der Waals surface area contributed by atoms with Gasteiger partial charge in [-0.1, -0.05) is 425 Å². The van der Waals surface area contributed by atoms with Crippen LogP contribution in [-0.2, 0) is 0 Å². The number of hydrogen-bond donors (Lipinski definition) is 0. The Balaban J connectivity index is 0.630. The molecule has 0 amide bonds. The van der Waals surface area contributed by atoms with E-state index in [4.69, 9.17) is 0 Å². The summed E-state index contributed by atoms with van der Waals surface area (Å²) in [5.41, 5.74) is 42.7. The van der Waals surface area contributed by atoms with Gasteiger partial charge in [0, 0.05) is 115 Å². The van der Waals surface area contributed by atoms with Crippen molar-refractivity contribution in [2.75, 3.05) is 0 Å². The molecule has 0 aliphatic carbocycles. The molecule has 144 heavy (non-hydrogen) atoms. The first-order valence-electron chi connectivity index (χ1n) is 49.7. The second-order valence-electron chi connectivity index (χ2n) is 37.9. The molecular weight excluding hydrogens is 1740 g/mol. The van der Waals surface area contributed by atoms with Gasteiger partial charge < -0.3 is 27.4 Å². The van der Waals surface area contributed by atoms with Gasteiger partial charge in [-0.15, -0.1) is 0 Å². The van der Waals surface area contributed by atoms with Gasteiger partial charge in [-0.3, -0.25) is 0 Å². The maximum absolute atomic E-state index is 2.58. The maximum atomic E-state index is 2.58. The highest BCUT2D eigenvalue weighted by Gasteiger charge is 2.31. The Bertz CT molecular complexity index is 10100. The van der Waals surface area contributed by atoms with Gasteiger partial charge >= 0.3 is 0 Å². The van der Waals surface area contributed by atoms with Gasteiger partial charge in [0.05, 0.1) is 88.9 Å². The summed E-state index contributed by atoms with van der Waals surface area (Å²) in [6, 6.07) is 199. The largest absolute Gasteiger partial charge is 0.309 e. The van der Waals surface area contributed by atoms with Gasteiger partial charge in [0.25, 0.3) is 0 Å². The number of benzene rings is 23. The lowest BCUT2D eigenvalue weighted by atomic mass is 9.87. The molecule has 6 heteroatoms. The Morgan fingerprint density at radius 2 is 0.326 bits per heavy atom. The first-order valence-corrected chi connectivity index (χ1v) is 49.7. The molecule has 0 radical (unpaired) electrons. The van der Waals surface area contributed by atoms with Gasteiger partial charge in [-0.05, 0) is 182 Å². The first kappa shape index (κ1) is 82.0. The van der Waals surface area contributed by atoms with Gasteiger partial charge in [0.2, 0.25) is 0 Å². The molecule has 0 N–H and O–H groups in total. The van der Waals surface area contributed by atoms with Crippen molar-refractivity contribution in [3.8, 4) is 145 Å². The van der Waals surface area contributed by atoms with Crippen molar-refractivity contribution < 1.29 is 0 Å². The fourth-order valence-electron chi connectivity index (χ4n) is 24.2. The Morgan fingerprint density at radius 3 is 0.701 bits per heavy atom. The van der Waals surface area contributed by atoms with Gasteiger partial charge in [-0.2, -0.15) is 0 Å². The van der Waals surface area contributed by atoms with Crippen LogP contribution >= 0.6 is 0 Å². The molecule has 0 fully saturated rings. The SMILES string of the molecule is c1ccc(-c2cccc(-c3cccc(-c4ccccc4)c3-n3c4ccccc4c4c(-c5cccc(-c6cc(-n7c8ccccc8c8ccccc87)ccc6-c6ccc(-n7c8ccccc8c8ccccc87)cc6-c6ccc(-c7cccc8c7c7ccccc7n8-c7c(-c8ccccc8)cccc7-c7ccccc7-n7c8ccccc8c8ccccc87)cc6)c5)cccc43)c2-n2c3ccccc3c3ccccc32)cc1. The van der Waals surface area contributed by atoms with Crippen molar-refractivity contribution in [2.24, 2.45) is 0 Å². The van der Waals surface area contributed by atoms with E-state index in [-0.39, 0.29) is 0 Å². The van der Waals surface area contributed by atoms with Crippen LogP contribution < -0.4 is 0 Å². The molecule has 0 aliphatic heterocycles. The van der Waals surface area contributed by atoms with E-state index in [9.17, 15) is 0 Å².